The molecule has 1 aromatic heterocycles. The lowest BCUT2D eigenvalue weighted by Crippen LogP contribution is -2.16. The van der Waals surface area contributed by atoms with Crippen LogP contribution < -0.4 is 5.32 Å². The molecule has 0 atom stereocenters. The quantitative estimate of drug-likeness (QED) is 0.845. The number of aromatic hydroxyl groups is 1. The third kappa shape index (κ3) is 3.79. The highest BCUT2D eigenvalue weighted by Crippen LogP contribution is 2.31. The normalized spacial score (nSPS) is 11.8. The lowest BCUT2D eigenvalue weighted by Gasteiger charge is -2.12. The van der Waals surface area contributed by atoms with Crippen LogP contribution in [0.25, 0.3) is 0 Å². The number of anilines is 1. The molecule has 0 bridgehead atoms. The molecule has 2 rings (SSSR count). The van der Waals surface area contributed by atoms with Gasteiger partial charge >= 0.3 is 6.18 Å². The zero-order valence-electron chi connectivity index (χ0n) is 12.1. The zero-order chi connectivity index (χ0) is 17.4. The number of hydrogen-bond donors (Lipinski definition) is 2. The molecule has 1 aromatic carbocycles. The van der Waals surface area contributed by atoms with Crippen LogP contribution in [0, 0.1) is 5.82 Å². The van der Waals surface area contributed by atoms with Crippen LogP contribution in [-0.4, -0.2) is 20.6 Å². The van der Waals surface area contributed by atoms with Gasteiger partial charge in [0.15, 0.2) is 5.82 Å². The smallest absolute Gasteiger partial charge is 0.449 e. The second kappa shape index (κ2) is 5.90. The minimum atomic E-state index is -4.68. The SMILES string of the molecule is CC(C)n1cc(NC(=O)c2cc(O)cc(F)c2)nc1C(F)(F)F. The van der Waals surface area contributed by atoms with Crippen molar-refractivity contribution < 1.29 is 27.5 Å². The summed E-state index contributed by atoms with van der Waals surface area (Å²) >= 11 is 0. The molecule has 0 saturated heterocycles. The minimum Gasteiger partial charge on any atom is -0.508 e. The van der Waals surface area contributed by atoms with E-state index in [-0.39, 0.29) is 11.4 Å². The van der Waals surface area contributed by atoms with Gasteiger partial charge in [0.2, 0.25) is 5.82 Å². The first-order chi connectivity index (χ1) is 10.6. The lowest BCUT2D eigenvalue weighted by atomic mass is 10.2. The van der Waals surface area contributed by atoms with Crippen LogP contribution in [0.5, 0.6) is 5.75 Å². The number of benzene rings is 1. The molecule has 9 heteroatoms. The Bertz CT molecular complexity index is 718. The molecule has 23 heavy (non-hydrogen) atoms. The third-order valence-electron chi connectivity index (χ3n) is 2.93. The summed E-state index contributed by atoms with van der Waals surface area (Å²) in [7, 11) is 0. The van der Waals surface area contributed by atoms with Crippen molar-refractivity contribution in [2.45, 2.75) is 26.1 Å². The van der Waals surface area contributed by atoms with Gasteiger partial charge in [0, 0.05) is 23.9 Å². The fourth-order valence-electron chi connectivity index (χ4n) is 1.95. The van der Waals surface area contributed by atoms with Crippen LogP contribution in [0.3, 0.4) is 0 Å². The van der Waals surface area contributed by atoms with Crippen molar-refractivity contribution in [3.8, 4) is 5.75 Å². The summed E-state index contributed by atoms with van der Waals surface area (Å²) < 4.78 is 52.8. The Morgan fingerprint density at radius 2 is 1.96 bits per heavy atom. The van der Waals surface area contributed by atoms with Crippen molar-refractivity contribution in [1.82, 2.24) is 9.55 Å². The number of nitrogens with one attached hydrogen (secondary N) is 1. The minimum absolute atomic E-state index is 0.241. The Labute approximate surface area is 128 Å². The molecule has 5 nitrogen and oxygen atoms in total. The van der Waals surface area contributed by atoms with Crippen LogP contribution in [0.2, 0.25) is 0 Å². The van der Waals surface area contributed by atoms with Gasteiger partial charge in [0.1, 0.15) is 11.6 Å². The number of carbonyl (C=O) groups excluding carboxylic acids is 1. The van der Waals surface area contributed by atoms with E-state index in [0.717, 1.165) is 29.0 Å². The molecule has 0 radical (unpaired) electrons. The molecular weight excluding hydrogens is 318 g/mol. The molecule has 1 heterocycles. The van der Waals surface area contributed by atoms with Gasteiger partial charge in [0.05, 0.1) is 0 Å². The van der Waals surface area contributed by atoms with E-state index in [0.29, 0.717) is 0 Å². The molecule has 0 aliphatic carbocycles. The number of rotatable bonds is 3. The number of halogens is 4. The maximum absolute atomic E-state index is 13.1. The molecule has 0 aliphatic rings. The summed E-state index contributed by atoms with van der Waals surface area (Å²) in [4.78, 5) is 15.3. The number of amides is 1. The van der Waals surface area contributed by atoms with E-state index in [1.54, 1.807) is 0 Å². The fraction of sp³-hybridized carbons (Fsp3) is 0.286. The Balaban J connectivity index is 2.31. The number of alkyl halides is 3. The molecule has 0 aliphatic heterocycles. The average molecular weight is 331 g/mol. The molecular formula is C14H13F4N3O2. The first-order valence-corrected chi connectivity index (χ1v) is 6.55. The zero-order valence-corrected chi connectivity index (χ0v) is 12.1. The second-order valence-electron chi connectivity index (χ2n) is 5.10. The van der Waals surface area contributed by atoms with Crippen LogP contribution >= 0.6 is 0 Å². The maximum Gasteiger partial charge on any atom is 0.449 e. The lowest BCUT2D eigenvalue weighted by molar-refractivity contribution is -0.147. The van der Waals surface area contributed by atoms with E-state index in [4.69, 9.17) is 0 Å². The van der Waals surface area contributed by atoms with Gasteiger partial charge in [-0.3, -0.25) is 4.79 Å². The Hall–Kier alpha value is -2.58. The van der Waals surface area contributed by atoms with Gasteiger partial charge in [-0.25, -0.2) is 9.37 Å². The van der Waals surface area contributed by atoms with Gasteiger partial charge in [-0.1, -0.05) is 0 Å². The molecule has 0 fully saturated rings. The van der Waals surface area contributed by atoms with Gasteiger partial charge in [-0.2, -0.15) is 13.2 Å². The second-order valence-corrected chi connectivity index (χ2v) is 5.10. The number of aromatic nitrogens is 2. The predicted molar refractivity (Wildman–Crippen MR) is 73.6 cm³/mol. The van der Waals surface area contributed by atoms with Crippen molar-refractivity contribution in [3.05, 3.63) is 41.6 Å². The first kappa shape index (κ1) is 16.8. The summed E-state index contributed by atoms with van der Waals surface area (Å²) in [6.07, 6.45) is -3.63. The van der Waals surface area contributed by atoms with Crippen LogP contribution in [0.15, 0.2) is 24.4 Å². The summed E-state index contributed by atoms with van der Waals surface area (Å²) in [6, 6.07) is 2.11. The summed E-state index contributed by atoms with van der Waals surface area (Å²) in [5.41, 5.74) is -0.241. The predicted octanol–water partition coefficient (Wildman–Crippen LogP) is 3.58. The highest BCUT2D eigenvalue weighted by molar-refractivity contribution is 6.04. The maximum atomic E-state index is 13.1. The number of imidazole rings is 1. The number of phenols is 1. The van der Waals surface area contributed by atoms with E-state index in [9.17, 15) is 27.5 Å². The van der Waals surface area contributed by atoms with Crippen molar-refractivity contribution in [2.75, 3.05) is 5.32 Å². The van der Waals surface area contributed by atoms with Gasteiger partial charge in [-0.05, 0) is 26.0 Å². The van der Waals surface area contributed by atoms with Gasteiger partial charge < -0.3 is 15.0 Å². The average Bonchev–Trinajstić information content (AvgIpc) is 2.81. The molecule has 0 unspecified atom stereocenters. The largest absolute Gasteiger partial charge is 0.508 e. The number of phenolic OH excluding ortho intramolecular Hbond substituents is 1. The standard InChI is InChI=1S/C14H13F4N3O2/c1-7(2)21-6-11(20-13(21)14(16,17)18)19-12(23)8-3-9(15)5-10(22)4-8/h3-7,22H,1-2H3,(H,19,23). The fourth-order valence-corrected chi connectivity index (χ4v) is 1.95. The Kier molecular flexibility index (Phi) is 4.31. The highest BCUT2D eigenvalue weighted by atomic mass is 19.4. The van der Waals surface area contributed by atoms with Crippen LogP contribution in [0.1, 0.15) is 36.1 Å². The summed E-state index contributed by atoms with van der Waals surface area (Å²) in [5, 5.41) is 11.4. The molecule has 1 amide bonds. The highest BCUT2D eigenvalue weighted by Gasteiger charge is 2.37. The monoisotopic (exact) mass is 331 g/mol. The third-order valence-corrected chi connectivity index (χ3v) is 2.93. The molecule has 2 aromatic rings. The Morgan fingerprint density at radius 3 is 2.43 bits per heavy atom. The summed E-state index contributed by atoms with van der Waals surface area (Å²) in [5.74, 6) is -3.68. The summed E-state index contributed by atoms with van der Waals surface area (Å²) in [6.45, 7) is 3.07. The van der Waals surface area contributed by atoms with Crippen molar-refractivity contribution >= 4 is 11.7 Å². The van der Waals surface area contributed by atoms with Gasteiger partial charge in [-0.15, -0.1) is 0 Å². The van der Waals surface area contributed by atoms with E-state index >= 15 is 0 Å². The number of hydrogen-bond acceptors (Lipinski definition) is 3. The van der Waals surface area contributed by atoms with Crippen molar-refractivity contribution in [2.24, 2.45) is 0 Å². The first-order valence-electron chi connectivity index (χ1n) is 6.55. The van der Waals surface area contributed by atoms with E-state index in [2.05, 4.69) is 10.3 Å². The van der Waals surface area contributed by atoms with E-state index < -0.39 is 35.5 Å². The van der Waals surface area contributed by atoms with Crippen molar-refractivity contribution in [3.63, 3.8) is 0 Å². The van der Waals surface area contributed by atoms with E-state index in [1.165, 1.54) is 13.8 Å². The topological polar surface area (TPSA) is 67.2 Å². The van der Waals surface area contributed by atoms with Crippen molar-refractivity contribution in [1.29, 1.82) is 0 Å². The van der Waals surface area contributed by atoms with Gasteiger partial charge in [0.25, 0.3) is 5.91 Å². The molecule has 0 spiro atoms. The van der Waals surface area contributed by atoms with Crippen LogP contribution in [-0.2, 0) is 6.18 Å². The number of nitrogens with zero attached hydrogens (tertiary/aromatic N) is 2. The molecule has 0 saturated carbocycles. The Morgan fingerprint density at radius 1 is 1.30 bits per heavy atom. The van der Waals surface area contributed by atoms with Crippen LogP contribution in [0.4, 0.5) is 23.4 Å². The number of carbonyl (C=O) groups is 1. The van der Waals surface area contributed by atoms with E-state index in [1.807, 2.05) is 0 Å². The molecule has 2 N–H and O–H groups in total. The molecule has 124 valence electrons.